The number of sulfonamides is 1. The minimum Gasteiger partial charge on any atom is -0.348 e. The summed E-state index contributed by atoms with van der Waals surface area (Å²) in [6, 6.07) is 20.0. The van der Waals surface area contributed by atoms with Gasteiger partial charge in [-0.3, -0.25) is 4.79 Å². The van der Waals surface area contributed by atoms with Crippen LogP contribution >= 0.6 is 11.6 Å². The van der Waals surface area contributed by atoms with Crippen LogP contribution in [0.2, 0.25) is 5.02 Å². The lowest BCUT2D eigenvalue weighted by atomic mass is 9.70. The Bertz CT molecular complexity index is 1500. The maximum Gasteiger partial charge on any atom is 0.339 e. The van der Waals surface area contributed by atoms with Gasteiger partial charge in [-0.05, 0) is 68.8 Å². The molecule has 0 saturated carbocycles. The number of quaternary nitrogens is 1. The summed E-state index contributed by atoms with van der Waals surface area (Å²) in [6.45, 7) is 4.86. The van der Waals surface area contributed by atoms with Gasteiger partial charge in [-0.25, -0.2) is 4.79 Å². The van der Waals surface area contributed by atoms with Crippen molar-refractivity contribution in [3.63, 3.8) is 0 Å². The van der Waals surface area contributed by atoms with Crippen LogP contribution in [0.5, 0.6) is 0 Å². The van der Waals surface area contributed by atoms with Crippen molar-refractivity contribution >= 4 is 39.1 Å². The third-order valence-corrected chi connectivity index (χ3v) is 11.0. The Morgan fingerprint density at radius 3 is 2.34 bits per heavy atom. The lowest BCUT2D eigenvalue weighted by Gasteiger charge is -2.41. The number of fused-ring (bicyclic) bond motifs is 2. The van der Waals surface area contributed by atoms with E-state index in [2.05, 4.69) is 10.6 Å². The molecule has 38 heavy (non-hydrogen) atoms. The molecule has 3 aromatic carbocycles. The van der Waals surface area contributed by atoms with E-state index in [1.54, 1.807) is 42.5 Å². The fourth-order valence-corrected chi connectivity index (χ4v) is 8.75. The lowest BCUT2D eigenvalue weighted by Crippen LogP contribution is -2.65. The highest BCUT2D eigenvalue weighted by Gasteiger charge is 2.68. The summed E-state index contributed by atoms with van der Waals surface area (Å²) in [6.07, 6.45) is 1.31. The normalized spacial score (nSPS) is 22.1. The number of rotatable bonds is 5. The predicted octanol–water partition coefficient (Wildman–Crippen LogP) is 4.54. The lowest BCUT2D eigenvalue weighted by molar-refractivity contribution is -0.125. The van der Waals surface area contributed by atoms with Gasteiger partial charge in [0.1, 0.15) is 10.9 Å². The number of benzene rings is 3. The largest absolute Gasteiger partial charge is 0.348 e. The summed E-state index contributed by atoms with van der Waals surface area (Å²) in [7, 11) is -4.17. The minimum atomic E-state index is -4.17. The van der Waals surface area contributed by atoms with Crippen molar-refractivity contribution in [2.45, 2.75) is 49.6 Å². The number of nitrogens with zero attached hydrogens (tertiary/aromatic N) is 1. The van der Waals surface area contributed by atoms with Crippen molar-refractivity contribution in [3.05, 3.63) is 94.5 Å². The first-order valence-electron chi connectivity index (χ1n) is 12.7. The van der Waals surface area contributed by atoms with E-state index in [1.165, 1.54) is 19.1 Å². The number of halogens is 1. The third-order valence-electron chi connectivity index (χ3n) is 8.28. The van der Waals surface area contributed by atoms with E-state index in [4.69, 9.17) is 11.6 Å². The molecule has 198 valence electrons. The number of carbonyl (C=O) groups excluding carboxylic acids is 2. The van der Waals surface area contributed by atoms with Crippen LogP contribution in [0.15, 0.2) is 77.7 Å². The average Bonchev–Trinajstić information content (AvgIpc) is 3.13. The number of carbonyl (C=O) groups is 2. The van der Waals surface area contributed by atoms with E-state index in [9.17, 15) is 18.0 Å². The van der Waals surface area contributed by atoms with Crippen LogP contribution in [-0.2, 0) is 26.8 Å². The molecule has 2 aliphatic heterocycles. The first-order valence-corrected chi connectivity index (χ1v) is 14.6. The zero-order chi connectivity index (χ0) is 27.1. The molecule has 1 fully saturated rings. The van der Waals surface area contributed by atoms with Crippen LogP contribution in [-0.4, -0.2) is 39.4 Å². The van der Waals surface area contributed by atoms with Crippen LogP contribution in [0.25, 0.3) is 0 Å². The molecule has 9 heteroatoms. The molecule has 2 heterocycles. The summed E-state index contributed by atoms with van der Waals surface area (Å²) < 4.78 is 27.9. The van der Waals surface area contributed by atoms with Crippen molar-refractivity contribution in [2.24, 2.45) is 0 Å². The van der Waals surface area contributed by atoms with Gasteiger partial charge in [-0.1, -0.05) is 48.0 Å². The molecule has 2 amide bonds. The molecule has 2 N–H and O–H groups in total. The van der Waals surface area contributed by atoms with Crippen molar-refractivity contribution in [1.82, 2.24) is 14.5 Å². The highest BCUT2D eigenvalue weighted by Crippen LogP contribution is 2.57. The monoisotopic (exact) mass is 552 g/mol. The molecule has 5 rings (SSSR count). The van der Waals surface area contributed by atoms with Crippen molar-refractivity contribution in [1.29, 1.82) is 0 Å². The highest BCUT2D eigenvalue weighted by molar-refractivity contribution is 7.91. The van der Waals surface area contributed by atoms with E-state index in [0.29, 0.717) is 42.2 Å². The zero-order valence-electron chi connectivity index (χ0n) is 21.4. The van der Waals surface area contributed by atoms with E-state index in [0.717, 1.165) is 11.1 Å². The predicted molar refractivity (Wildman–Crippen MR) is 148 cm³/mol. The second-order valence-corrected chi connectivity index (χ2v) is 12.5. The van der Waals surface area contributed by atoms with Gasteiger partial charge in [-0.2, -0.15) is 8.42 Å². The van der Waals surface area contributed by atoms with Crippen LogP contribution in [0.3, 0.4) is 0 Å². The number of hydrogen-bond donors (Lipinski definition) is 2. The topological polar surface area (TPSA) is 92.3 Å². The summed E-state index contributed by atoms with van der Waals surface area (Å²) in [5.41, 5.74) is 1.81. The smallest absolute Gasteiger partial charge is 0.339 e. The van der Waals surface area contributed by atoms with Gasteiger partial charge in [0.15, 0.2) is 5.69 Å². The average molecular weight is 553 g/mol. The van der Waals surface area contributed by atoms with Gasteiger partial charge in [0, 0.05) is 28.8 Å². The third kappa shape index (κ3) is 3.90. The molecule has 3 aromatic rings. The second kappa shape index (κ2) is 9.93. The molecule has 2 unspecified atom stereocenters. The second-order valence-electron chi connectivity index (χ2n) is 10.1. The Morgan fingerprint density at radius 2 is 1.68 bits per heavy atom. The van der Waals surface area contributed by atoms with Gasteiger partial charge in [0.2, 0.25) is 0 Å². The van der Waals surface area contributed by atoms with E-state index < -0.39 is 31.3 Å². The molecule has 2 aliphatic rings. The number of hydrogen-bond acceptors (Lipinski definition) is 5. The number of piperidine rings is 1. The molecule has 0 bridgehead atoms. The van der Waals surface area contributed by atoms with Gasteiger partial charge in [0.25, 0.3) is 5.91 Å². The SMILES string of the molecule is CC(=O)[N+]1(S(=O)(=O)c2ccccc2)c2ccc(C(=O)NCc3ccccc3Cl)cc2C2(CCNCC2)C1C. The molecule has 0 aliphatic carbocycles. The minimum absolute atomic E-state index is 0.0977. The Hall–Kier alpha value is -3.04. The van der Waals surface area contributed by atoms with Crippen molar-refractivity contribution in [3.8, 4) is 0 Å². The molecule has 7 nitrogen and oxygen atoms in total. The maximum absolute atomic E-state index is 14.4. The molecule has 0 radical (unpaired) electrons. The van der Waals surface area contributed by atoms with Gasteiger partial charge in [-0.15, -0.1) is 3.89 Å². The summed E-state index contributed by atoms with van der Waals surface area (Å²) >= 11 is 6.25. The van der Waals surface area contributed by atoms with E-state index >= 15 is 0 Å². The Balaban J connectivity index is 1.64. The fourth-order valence-electron chi connectivity index (χ4n) is 6.33. The maximum atomic E-state index is 14.4. The standard InChI is InChI=1S/C29H30ClN3O4S/c1-20-29(14-16-31-17-15-29)25-18-22(28(35)32-19-23-8-6-7-11-26(23)30)12-13-27(25)33(20,21(2)34)38(36,37)24-9-4-3-5-10-24/h3-13,18,20,31H,14-17,19H2,1-2H3/p+1. The first kappa shape index (κ1) is 26.6. The summed E-state index contributed by atoms with van der Waals surface area (Å²) in [4.78, 5) is 26.9. The Labute approximate surface area is 228 Å². The van der Waals surface area contributed by atoms with Crippen molar-refractivity contribution < 1.29 is 18.0 Å². The molecule has 1 saturated heterocycles. The summed E-state index contributed by atoms with van der Waals surface area (Å²) in [5, 5.41) is 6.85. The number of nitrogens with one attached hydrogen (secondary N) is 2. The fraction of sp³-hybridized carbons (Fsp3) is 0.310. The van der Waals surface area contributed by atoms with Gasteiger partial charge in [0.05, 0.1) is 12.3 Å². The number of amides is 2. The first-order chi connectivity index (χ1) is 18.2. The Kier molecular flexibility index (Phi) is 6.94. The molecular formula is C29H31ClN3O4S+. The molecule has 2 atom stereocenters. The van der Waals surface area contributed by atoms with Crippen molar-refractivity contribution in [2.75, 3.05) is 13.1 Å². The van der Waals surface area contributed by atoms with Crippen LogP contribution in [0, 0.1) is 0 Å². The molecule has 1 spiro atoms. The van der Waals surface area contributed by atoms with Gasteiger partial charge < -0.3 is 10.6 Å². The summed E-state index contributed by atoms with van der Waals surface area (Å²) in [5.74, 6) is -0.753. The zero-order valence-corrected chi connectivity index (χ0v) is 23.0. The van der Waals surface area contributed by atoms with Crippen LogP contribution in [0.4, 0.5) is 5.69 Å². The molecule has 0 aromatic heterocycles. The van der Waals surface area contributed by atoms with Crippen LogP contribution < -0.4 is 14.5 Å². The van der Waals surface area contributed by atoms with Crippen LogP contribution in [0.1, 0.15) is 48.2 Å². The quantitative estimate of drug-likeness (QED) is 0.454. The van der Waals surface area contributed by atoms with Gasteiger partial charge >= 0.3 is 15.9 Å². The van der Waals surface area contributed by atoms with E-state index in [1.807, 2.05) is 25.1 Å². The van der Waals surface area contributed by atoms with E-state index in [-0.39, 0.29) is 17.3 Å². The Morgan fingerprint density at radius 1 is 1.03 bits per heavy atom. The molecular weight excluding hydrogens is 522 g/mol. The highest BCUT2D eigenvalue weighted by atomic mass is 35.5.